The molecule has 3 saturated carbocycles. The highest BCUT2D eigenvalue weighted by Crippen LogP contribution is 2.67. The molecule has 3 heteroatoms. The van der Waals surface area contributed by atoms with Crippen molar-refractivity contribution in [2.75, 3.05) is 0 Å². The van der Waals surface area contributed by atoms with Gasteiger partial charge in [-0.05, 0) is 37.0 Å². The molecule has 0 unspecified atom stereocenters. The van der Waals surface area contributed by atoms with Gasteiger partial charge in [0.1, 0.15) is 0 Å². The van der Waals surface area contributed by atoms with E-state index < -0.39 is 0 Å². The Labute approximate surface area is 88.4 Å². The van der Waals surface area contributed by atoms with Crippen molar-refractivity contribution in [1.82, 2.24) is 5.43 Å². The van der Waals surface area contributed by atoms with Crippen molar-refractivity contribution in [3.8, 4) is 0 Å². The van der Waals surface area contributed by atoms with Gasteiger partial charge in [-0.15, -0.1) is 0 Å². The van der Waals surface area contributed by atoms with E-state index in [-0.39, 0.29) is 5.54 Å². The van der Waals surface area contributed by atoms with Gasteiger partial charge in [0.25, 0.3) is 0 Å². The Balaban J connectivity index is 1.84. The zero-order chi connectivity index (χ0) is 9.81. The van der Waals surface area contributed by atoms with Crippen molar-refractivity contribution in [1.29, 1.82) is 0 Å². The lowest BCUT2D eigenvalue weighted by Gasteiger charge is -2.70. The van der Waals surface area contributed by atoms with Crippen molar-refractivity contribution in [2.24, 2.45) is 5.84 Å². The van der Waals surface area contributed by atoms with Crippen molar-refractivity contribution in [3.05, 3.63) is 34.9 Å². The van der Waals surface area contributed by atoms with Gasteiger partial charge in [0.05, 0.1) is 0 Å². The molecule has 2 nitrogen and oxygen atoms in total. The number of rotatable bonds is 2. The van der Waals surface area contributed by atoms with Crippen LogP contribution in [0.3, 0.4) is 0 Å². The Bertz CT molecular complexity index is 352. The lowest BCUT2D eigenvalue weighted by atomic mass is 9.38. The van der Waals surface area contributed by atoms with E-state index in [1.807, 2.05) is 12.1 Å². The first-order valence-electron chi connectivity index (χ1n) is 4.92. The molecule has 0 saturated heterocycles. The molecule has 2 bridgehead atoms. The van der Waals surface area contributed by atoms with Gasteiger partial charge in [-0.3, -0.25) is 11.3 Å². The highest BCUT2D eigenvalue weighted by atomic mass is 35.5. The first kappa shape index (κ1) is 8.72. The normalized spacial score (nSPS) is 38.7. The van der Waals surface area contributed by atoms with Crippen LogP contribution in [0.4, 0.5) is 0 Å². The van der Waals surface area contributed by atoms with E-state index in [4.69, 9.17) is 17.4 Å². The van der Waals surface area contributed by atoms with Crippen LogP contribution in [0.1, 0.15) is 24.8 Å². The van der Waals surface area contributed by atoms with Crippen LogP contribution < -0.4 is 11.3 Å². The van der Waals surface area contributed by atoms with Crippen LogP contribution in [0.5, 0.6) is 0 Å². The third kappa shape index (κ3) is 0.937. The topological polar surface area (TPSA) is 38.0 Å². The number of nitrogens with one attached hydrogen (secondary N) is 1. The van der Waals surface area contributed by atoms with Crippen LogP contribution in [-0.2, 0) is 5.41 Å². The van der Waals surface area contributed by atoms with Gasteiger partial charge in [-0.1, -0.05) is 23.7 Å². The molecule has 1 aromatic carbocycles. The van der Waals surface area contributed by atoms with Crippen LogP contribution >= 0.6 is 11.6 Å². The maximum atomic E-state index is 5.86. The Hall–Kier alpha value is -0.570. The summed E-state index contributed by atoms with van der Waals surface area (Å²) in [6.07, 6.45) is 3.54. The summed E-state index contributed by atoms with van der Waals surface area (Å²) >= 11 is 5.86. The number of hydrogen-bond acceptors (Lipinski definition) is 2. The second kappa shape index (κ2) is 2.51. The summed E-state index contributed by atoms with van der Waals surface area (Å²) in [6, 6.07) is 8.23. The Morgan fingerprint density at radius 2 is 1.71 bits per heavy atom. The zero-order valence-electron chi connectivity index (χ0n) is 7.89. The molecule has 0 amide bonds. The monoisotopic (exact) mass is 208 g/mol. The van der Waals surface area contributed by atoms with Crippen LogP contribution in [0.2, 0.25) is 5.02 Å². The molecule has 0 atom stereocenters. The van der Waals surface area contributed by atoms with Gasteiger partial charge >= 0.3 is 0 Å². The molecule has 14 heavy (non-hydrogen) atoms. The summed E-state index contributed by atoms with van der Waals surface area (Å²) in [5, 5.41) is 0.812. The van der Waals surface area contributed by atoms with Crippen LogP contribution in [-0.4, -0.2) is 5.54 Å². The molecule has 4 rings (SSSR count). The predicted molar refractivity (Wildman–Crippen MR) is 57.0 cm³/mol. The quantitative estimate of drug-likeness (QED) is 0.576. The molecule has 3 aliphatic rings. The summed E-state index contributed by atoms with van der Waals surface area (Å²) in [6.45, 7) is 0. The maximum Gasteiger partial charge on any atom is 0.0406 e. The number of nitrogens with two attached hydrogens (primary N) is 1. The molecule has 0 aliphatic heterocycles. The van der Waals surface area contributed by atoms with E-state index in [1.54, 1.807) is 0 Å². The molecular weight excluding hydrogens is 196 g/mol. The van der Waals surface area contributed by atoms with E-state index in [2.05, 4.69) is 17.6 Å². The fourth-order valence-electron chi connectivity index (χ4n) is 3.05. The van der Waals surface area contributed by atoms with Crippen LogP contribution in [0.25, 0.3) is 0 Å². The number of hydrogen-bond donors (Lipinski definition) is 2. The summed E-state index contributed by atoms with van der Waals surface area (Å²) in [7, 11) is 0. The third-order valence-corrected chi connectivity index (χ3v) is 4.05. The fraction of sp³-hybridized carbons (Fsp3) is 0.455. The van der Waals surface area contributed by atoms with Gasteiger partial charge in [-0.2, -0.15) is 0 Å². The molecule has 3 fully saturated rings. The molecule has 0 spiro atoms. The van der Waals surface area contributed by atoms with E-state index in [0.717, 1.165) is 5.02 Å². The van der Waals surface area contributed by atoms with Gasteiger partial charge in [0.15, 0.2) is 0 Å². The highest BCUT2D eigenvalue weighted by molar-refractivity contribution is 6.30. The predicted octanol–water partition coefficient (Wildman–Crippen LogP) is 1.98. The molecule has 0 aromatic heterocycles. The Kier molecular flexibility index (Phi) is 1.56. The minimum absolute atomic E-state index is 0.264. The molecule has 0 radical (unpaired) electrons. The largest absolute Gasteiger partial charge is 0.271 e. The molecule has 3 N–H and O–H groups in total. The minimum Gasteiger partial charge on any atom is -0.271 e. The molecule has 3 aliphatic carbocycles. The lowest BCUT2D eigenvalue weighted by molar-refractivity contribution is -0.0882. The van der Waals surface area contributed by atoms with Crippen molar-refractivity contribution in [3.63, 3.8) is 0 Å². The van der Waals surface area contributed by atoms with E-state index in [9.17, 15) is 0 Å². The molecule has 74 valence electrons. The fourth-order valence-corrected chi connectivity index (χ4v) is 3.18. The smallest absolute Gasteiger partial charge is 0.0406 e. The average molecular weight is 209 g/mol. The highest BCUT2D eigenvalue weighted by Gasteiger charge is 2.67. The first-order chi connectivity index (χ1) is 6.68. The van der Waals surface area contributed by atoms with Gasteiger partial charge in [-0.25, -0.2) is 0 Å². The van der Waals surface area contributed by atoms with E-state index in [1.165, 1.54) is 24.8 Å². The van der Waals surface area contributed by atoms with Gasteiger partial charge in [0, 0.05) is 16.0 Å². The van der Waals surface area contributed by atoms with Gasteiger partial charge in [0.2, 0.25) is 0 Å². The number of hydrazine groups is 1. The third-order valence-electron chi connectivity index (χ3n) is 3.79. The Morgan fingerprint density at radius 3 is 2.21 bits per heavy atom. The van der Waals surface area contributed by atoms with E-state index in [0.29, 0.717) is 5.41 Å². The summed E-state index contributed by atoms with van der Waals surface area (Å²) in [4.78, 5) is 0. The summed E-state index contributed by atoms with van der Waals surface area (Å²) < 4.78 is 0. The molecule has 0 heterocycles. The maximum absolute atomic E-state index is 5.86. The second-order valence-electron chi connectivity index (χ2n) is 4.74. The zero-order valence-corrected chi connectivity index (χ0v) is 8.64. The number of halogens is 1. The first-order valence-corrected chi connectivity index (χ1v) is 5.30. The van der Waals surface area contributed by atoms with E-state index >= 15 is 0 Å². The Morgan fingerprint density at radius 1 is 1.14 bits per heavy atom. The van der Waals surface area contributed by atoms with Crippen LogP contribution in [0.15, 0.2) is 24.3 Å². The average Bonchev–Trinajstić information content (AvgIpc) is 2.04. The summed E-state index contributed by atoms with van der Waals surface area (Å²) in [5.41, 5.74) is 5.02. The second-order valence-corrected chi connectivity index (χ2v) is 5.18. The lowest BCUT2D eigenvalue weighted by Crippen LogP contribution is -2.77. The minimum atomic E-state index is 0.264. The SMILES string of the molecule is NNC12CC(c3ccc(Cl)cc3)(C1)C2. The molecule has 1 aromatic rings. The van der Waals surface area contributed by atoms with Crippen molar-refractivity contribution in [2.45, 2.75) is 30.2 Å². The van der Waals surface area contributed by atoms with Crippen LogP contribution in [0, 0.1) is 0 Å². The standard InChI is InChI=1S/C11H13ClN2/c12-9-3-1-8(2-4-9)10-5-11(6-10,7-10)14-13/h1-4,14H,5-7,13H2. The van der Waals surface area contributed by atoms with Crippen molar-refractivity contribution < 1.29 is 0 Å². The van der Waals surface area contributed by atoms with Gasteiger partial charge < -0.3 is 0 Å². The number of benzene rings is 1. The summed E-state index contributed by atoms with van der Waals surface area (Å²) in [5.74, 6) is 5.50. The molecular formula is C11H13ClN2. The van der Waals surface area contributed by atoms with Crippen molar-refractivity contribution >= 4 is 11.6 Å².